The molecule has 1 heterocycles. The monoisotopic (exact) mass is 438 g/mol. The molecule has 2 aromatic rings. The fraction of sp³-hybridized carbons (Fsp3) is 0.462. The molecule has 0 N–H and O–H groups in total. The quantitative estimate of drug-likeness (QED) is 0.610. The summed E-state index contributed by atoms with van der Waals surface area (Å²) in [6.45, 7) is 9.26. The van der Waals surface area contributed by atoms with Gasteiger partial charge in [-0.3, -0.25) is 9.59 Å². The lowest BCUT2D eigenvalue weighted by Gasteiger charge is -2.35. The Balaban J connectivity index is 1.38. The van der Waals surface area contributed by atoms with E-state index in [4.69, 9.17) is 9.47 Å². The second kappa shape index (κ2) is 10.5. The van der Waals surface area contributed by atoms with Crippen LogP contribution in [-0.2, 0) is 10.2 Å². The van der Waals surface area contributed by atoms with Crippen LogP contribution in [-0.4, -0.2) is 61.5 Å². The maximum absolute atomic E-state index is 12.7. The molecular weight excluding hydrogens is 404 g/mol. The van der Waals surface area contributed by atoms with E-state index in [1.165, 1.54) is 5.56 Å². The van der Waals surface area contributed by atoms with Gasteiger partial charge in [-0.1, -0.05) is 39.0 Å². The molecular formula is C26H34N2O4. The van der Waals surface area contributed by atoms with Crippen LogP contribution in [0.4, 0.5) is 0 Å². The number of hydrogen-bond acceptors (Lipinski definition) is 4. The van der Waals surface area contributed by atoms with Crippen LogP contribution in [0.5, 0.6) is 11.5 Å². The van der Waals surface area contributed by atoms with Crippen LogP contribution in [0.3, 0.4) is 0 Å². The van der Waals surface area contributed by atoms with Crippen molar-refractivity contribution in [3.8, 4) is 11.5 Å². The van der Waals surface area contributed by atoms with Gasteiger partial charge < -0.3 is 19.3 Å². The highest BCUT2D eigenvalue weighted by Crippen LogP contribution is 2.24. The molecule has 0 aliphatic carbocycles. The lowest BCUT2D eigenvalue weighted by atomic mass is 9.87. The molecule has 1 aliphatic heterocycles. The van der Waals surface area contributed by atoms with E-state index < -0.39 is 0 Å². The summed E-state index contributed by atoms with van der Waals surface area (Å²) in [7, 11) is 1.59. The lowest BCUT2D eigenvalue weighted by molar-refractivity contribution is -0.132. The minimum Gasteiger partial charge on any atom is -0.497 e. The van der Waals surface area contributed by atoms with Crippen molar-refractivity contribution in [2.45, 2.75) is 39.0 Å². The molecule has 0 atom stereocenters. The number of rotatable bonds is 7. The zero-order valence-electron chi connectivity index (χ0n) is 19.6. The van der Waals surface area contributed by atoms with Crippen LogP contribution in [0.1, 0.15) is 49.5 Å². The molecule has 0 spiro atoms. The molecule has 0 bridgehead atoms. The van der Waals surface area contributed by atoms with E-state index in [9.17, 15) is 9.59 Å². The Bertz CT molecular complexity index is 910. The minimum absolute atomic E-state index is 0.0260. The number of hydrogen-bond donors (Lipinski definition) is 0. The number of carbonyl (C=O) groups is 2. The average Bonchev–Trinajstić information content (AvgIpc) is 2.81. The van der Waals surface area contributed by atoms with Crippen molar-refractivity contribution in [1.82, 2.24) is 9.80 Å². The van der Waals surface area contributed by atoms with Crippen LogP contribution in [0.25, 0.3) is 0 Å². The van der Waals surface area contributed by atoms with E-state index in [1.54, 1.807) is 24.1 Å². The Labute approximate surface area is 191 Å². The Hall–Kier alpha value is -3.02. The number of carbonyl (C=O) groups excluding carboxylic acids is 2. The minimum atomic E-state index is -0.0260. The van der Waals surface area contributed by atoms with Gasteiger partial charge in [0.2, 0.25) is 5.91 Å². The summed E-state index contributed by atoms with van der Waals surface area (Å²) in [4.78, 5) is 28.9. The van der Waals surface area contributed by atoms with Crippen LogP contribution < -0.4 is 9.47 Å². The Morgan fingerprint density at radius 1 is 0.906 bits per heavy atom. The first-order valence-corrected chi connectivity index (χ1v) is 11.2. The third kappa shape index (κ3) is 6.25. The second-order valence-electron chi connectivity index (χ2n) is 9.13. The summed E-state index contributed by atoms with van der Waals surface area (Å²) in [6, 6.07) is 15.3. The average molecular weight is 439 g/mol. The number of piperazine rings is 1. The summed E-state index contributed by atoms with van der Waals surface area (Å²) in [6.07, 6.45) is 1.12. The van der Waals surface area contributed by atoms with E-state index in [0.29, 0.717) is 56.9 Å². The summed E-state index contributed by atoms with van der Waals surface area (Å²) in [5.41, 5.74) is 1.99. The highest BCUT2D eigenvalue weighted by Gasteiger charge is 2.24. The summed E-state index contributed by atoms with van der Waals surface area (Å²) in [5, 5.41) is 0. The van der Waals surface area contributed by atoms with Crippen molar-refractivity contribution < 1.29 is 19.1 Å². The molecule has 172 valence electrons. The smallest absolute Gasteiger partial charge is 0.254 e. The van der Waals surface area contributed by atoms with Crippen LogP contribution in [0.15, 0.2) is 48.5 Å². The first-order chi connectivity index (χ1) is 15.3. The molecule has 2 aromatic carbocycles. The van der Waals surface area contributed by atoms with Gasteiger partial charge in [0.05, 0.1) is 13.7 Å². The van der Waals surface area contributed by atoms with Crippen molar-refractivity contribution in [3.63, 3.8) is 0 Å². The van der Waals surface area contributed by atoms with Crippen LogP contribution in [0.2, 0.25) is 0 Å². The van der Waals surface area contributed by atoms with Gasteiger partial charge in [-0.2, -0.15) is 0 Å². The molecule has 2 amide bonds. The number of nitrogens with zero attached hydrogens (tertiary/aromatic N) is 2. The number of benzene rings is 2. The zero-order valence-corrected chi connectivity index (χ0v) is 19.6. The van der Waals surface area contributed by atoms with Gasteiger partial charge >= 0.3 is 0 Å². The van der Waals surface area contributed by atoms with Crippen molar-refractivity contribution in [3.05, 3.63) is 59.7 Å². The van der Waals surface area contributed by atoms with Crippen LogP contribution in [0, 0.1) is 0 Å². The van der Waals surface area contributed by atoms with Gasteiger partial charge in [0.1, 0.15) is 11.5 Å². The fourth-order valence-corrected chi connectivity index (χ4v) is 3.72. The highest BCUT2D eigenvalue weighted by molar-refractivity contribution is 5.94. The Morgan fingerprint density at radius 2 is 1.56 bits per heavy atom. The van der Waals surface area contributed by atoms with Crippen molar-refractivity contribution >= 4 is 11.8 Å². The normalized spacial score (nSPS) is 14.2. The third-order valence-corrected chi connectivity index (χ3v) is 5.76. The van der Waals surface area contributed by atoms with E-state index in [2.05, 4.69) is 32.9 Å². The summed E-state index contributed by atoms with van der Waals surface area (Å²) < 4.78 is 11.0. The van der Waals surface area contributed by atoms with Gasteiger partial charge in [-0.15, -0.1) is 0 Å². The SMILES string of the molecule is COc1cccc(C(=O)N2CCN(C(=O)CCCOc3ccc(C(C)(C)C)cc3)CC2)c1. The predicted octanol–water partition coefficient (Wildman–Crippen LogP) is 4.14. The molecule has 1 fully saturated rings. The number of amides is 2. The van der Waals surface area contributed by atoms with E-state index >= 15 is 0 Å². The number of ether oxygens (including phenoxy) is 2. The highest BCUT2D eigenvalue weighted by atomic mass is 16.5. The van der Waals surface area contributed by atoms with Crippen molar-refractivity contribution in [1.29, 1.82) is 0 Å². The molecule has 0 aromatic heterocycles. The molecule has 6 heteroatoms. The number of methoxy groups -OCH3 is 1. The maximum Gasteiger partial charge on any atom is 0.254 e. The van der Waals surface area contributed by atoms with Gasteiger partial charge in [0.15, 0.2) is 0 Å². The van der Waals surface area contributed by atoms with Crippen molar-refractivity contribution in [2.75, 3.05) is 39.9 Å². The first kappa shape index (κ1) is 23.6. The van der Waals surface area contributed by atoms with E-state index in [1.807, 2.05) is 29.2 Å². The standard InChI is InChI=1S/C26H34N2O4/c1-26(2,3)21-10-12-22(13-11-21)32-18-6-9-24(29)27-14-16-28(17-15-27)25(30)20-7-5-8-23(19-20)31-4/h5,7-8,10-13,19H,6,9,14-18H2,1-4H3. The predicted molar refractivity (Wildman–Crippen MR) is 125 cm³/mol. The second-order valence-corrected chi connectivity index (χ2v) is 9.13. The molecule has 0 unspecified atom stereocenters. The van der Waals surface area contributed by atoms with Gasteiger partial charge in [-0.25, -0.2) is 0 Å². The van der Waals surface area contributed by atoms with E-state index in [0.717, 1.165) is 5.75 Å². The lowest BCUT2D eigenvalue weighted by Crippen LogP contribution is -2.50. The summed E-state index contributed by atoms with van der Waals surface area (Å²) >= 11 is 0. The summed E-state index contributed by atoms with van der Waals surface area (Å²) in [5.74, 6) is 1.58. The molecule has 6 nitrogen and oxygen atoms in total. The molecule has 32 heavy (non-hydrogen) atoms. The maximum atomic E-state index is 12.7. The third-order valence-electron chi connectivity index (χ3n) is 5.76. The van der Waals surface area contributed by atoms with E-state index in [-0.39, 0.29) is 17.2 Å². The Kier molecular flexibility index (Phi) is 7.78. The molecule has 3 rings (SSSR count). The topological polar surface area (TPSA) is 59.1 Å². The van der Waals surface area contributed by atoms with Gasteiger partial charge in [0, 0.05) is 38.2 Å². The largest absolute Gasteiger partial charge is 0.497 e. The molecule has 0 radical (unpaired) electrons. The van der Waals surface area contributed by atoms with Crippen LogP contribution >= 0.6 is 0 Å². The van der Waals surface area contributed by atoms with Gasteiger partial charge in [-0.05, 0) is 47.7 Å². The van der Waals surface area contributed by atoms with Crippen molar-refractivity contribution in [2.24, 2.45) is 0 Å². The molecule has 1 aliphatic rings. The fourth-order valence-electron chi connectivity index (χ4n) is 3.72. The zero-order chi connectivity index (χ0) is 23.1. The van der Waals surface area contributed by atoms with Gasteiger partial charge in [0.25, 0.3) is 5.91 Å². The molecule has 1 saturated heterocycles. The first-order valence-electron chi connectivity index (χ1n) is 11.2. The Morgan fingerprint density at radius 3 is 2.19 bits per heavy atom. The molecule has 0 saturated carbocycles.